The van der Waals surface area contributed by atoms with Gasteiger partial charge >= 0.3 is 5.97 Å². The van der Waals surface area contributed by atoms with Crippen molar-refractivity contribution in [1.29, 1.82) is 0 Å². The summed E-state index contributed by atoms with van der Waals surface area (Å²) in [6, 6.07) is 6.26. The van der Waals surface area contributed by atoms with Crippen LogP contribution in [0.25, 0.3) is 0 Å². The Morgan fingerprint density at radius 3 is 2.48 bits per heavy atom. The number of benzene rings is 1. The van der Waals surface area contributed by atoms with E-state index in [4.69, 9.17) is 5.11 Å². The van der Waals surface area contributed by atoms with Crippen LogP contribution in [0.5, 0.6) is 0 Å². The third kappa shape index (κ3) is 3.55. The number of anilines is 2. The third-order valence-electron chi connectivity index (χ3n) is 3.03. The first-order valence-electron chi connectivity index (χ1n) is 6.44. The molecule has 0 bridgehead atoms. The Kier molecular flexibility index (Phi) is 4.52. The lowest BCUT2D eigenvalue weighted by molar-refractivity contribution is -0.133. The average molecular weight is 306 g/mol. The fraction of sp³-hybridized carbons (Fsp3) is 0.357. The molecule has 1 aromatic heterocycles. The van der Waals surface area contributed by atoms with Gasteiger partial charge in [-0.05, 0) is 37.1 Å². The van der Waals surface area contributed by atoms with Gasteiger partial charge in [0.05, 0.1) is 5.75 Å². The number of aromatic nitrogens is 3. The average Bonchev–Trinajstić information content (AvgIpc) is 2.75. The van der Waals surface area contributed by atoms with E-state index < -0.39 is 5.97 Å². The molecule has 0 atom stereocenters. The molecule has 0 aliphatic heterocycles. The smallest absolute Gasteiger partial charge is 0.313 e. The Morgan fingerprint density at radius 2 is 1.90 bits per heavy atom. The van der Waals surface area contributed by atoms with Crippen LogP contribution in [0, 0.1) is 13.8 Å². The van der Waals surface area contributed by atoms with E-state index >= 15 is 0 Å². The number of nitrogens with zero attached hydrogens (tertiary/aromatic N) is 4. The summed E-state index contributed by atoms with van der Waals surface area (Å²) in [6.45, 7) is 4.10. The summed E-state index contributed by atoms with van der Waals surface area (Å²) in [5, 5.41) is 17.5. The first-order chi connectivity index (χ1) is 9.88. The fourth-order valence-electron chi connectivity index (χ4n) is 2.11. The van der Waals surface area contributed by atoms with Crippen LogP contribution in [0.2, 0.25) is 0 Å². The van der Waals surface area contributed by atoms with Crippen molar-refractivity contribution in [1.82, 2.24) is 14.8 Å². The fourth-order valence-corrected chi connectivity index (χ4v) is 2.74. The maximum absolute atomic E-state index is 10.6. The Labute approximate surface area is 127 Å². The summed E-state index contributed by atoms with van der Waals surface area (Å²) in [7, 11) is 3.75. The molecule has 0 unspecified atom stereocenters. The largest absolute Gasteiger partial charge is 0.481 e. The summed E-state index contributed by atoms with van der Waals surface area (Å²) in [5.74, 6) is -0.223. The molecule has 0 aliphatic carbocycles. The Hall–Kier alpha value is -2.02. The molecule has 6 nitrogen and oxygen atoms in total. The molecule has 0 amide bonds. The molecular formula is C14H18N4O2S. The molecular weight excluding hydrogens is 288 g/mol. The molecule has 21 heavy (non-hydrogen) atoms. The molecule has 1 N–H and O–H groups in total. The zero-order valence-corrected chi connectivity index (χ0v) is 13.3. The minimum absolute atomic E-state index is 0.0285. The predicted octanol–water partition coefficient (Wildman–Crippen LogP) is 2.38. The third-order valence-corrected chi connectivity index (χ3v) is 4.04. The summed E-state index contributed by atoms with van der Waals surface area (Å²) in [6.07, 6.45) is 0. The molecule has 0 aliphatic rings. The van der Waals surface area contributed by atoms with Gasteiger partial charge in [-0.3, -0.25) is 9.36 Å². The van der Waals surface area contributed by atoms with Crippen LogP contribution in [-0.2, 0) is 11.8 Å². The van der Waals surface area contributed by atoms with Crippen molar-refractivity contribution in [2.75, 3.05) is 17.7 Å². The van der Waals surface area contributed by atoms with Gasteiger partial charge in [0.25, 0.3) is 0 Å². The summed E-state index contributed by atoms with van der Waals surface area (Å²) >= 11 is 1.16. The van der Waals surface area contributed by atoms with Crippen molar-refractivity contribution in [3.8, 4) is 0 Å². The van der Waals surface area contributed by atoms with Crippen LogP contribution < -0.4 is 4.90 Å². The highest BCUT2D eigenvalue weighted by Crippen LogP contribution is 2.26. The maximum Gasteiger partial charge on any atom is 0.313 e. The van der Waals surface area contributed by atoms with Crippen LogP contribution in [0.3, 0.4) is 0 Å². The van der Waals surface area contributed by atoms with Gasteiger partial charge in [-0.2, -0.15) is 0 Å². The lowest BCUT2D eigenvalue weighted by atomic mass is 10.1. The zero-order valence-electron chi connectivity index (χ0n) is 12.5. The van der Waals surface area contributed by atoms with E-state index in [1.807, 2.05) is 19.0 Å². The lowest BCUT2D eigenvalue weighted by Gasteiger charge is -2.19. The second kappa shape index (κ2) is 6.17. The quantitative estimate of drug-likeness (QED) is 0.855. The molecule has 112 valence electrons. The molecule has 1 aromatic carbocycles. The highest BCUT2D eigenvalue weighted by molar-refractivity contribution is 7.99. The number of rotatable bonds is 5. The Bertz CT molecular complexity index is 649. The molecule has 0 spiro atoms. The predicted molar refractivity (Wildman–Crippen MR) is 83.3 cm³/mol. The Morgan fingerprint density at radius 1 is 1.29 bits per heavy atom. The van der Waals surface area contributed by atoms with E-state index in [1.54, 1.807) is 4.57 Å². The molecule has 0 saturated heterocycles. The number of carbonyl (C=O) groups is 1. The monoisotopic (exact) mass is 306 g/mol. The van der Waals surface area contributed by atoms with Crippen molar-refractivity contribution in [2.24, 2.45) is 7.05 Å². The highest BCUT2D eigenvalue weighted by atomic mass is 32.2. The van der Waals surface area contributed by atoms with Gasteiger partial charge < -0.3 is 10.0 Å². The number of hydrogen-bond donors (Lipinski definition) is 1. The topological polar surface area (TPSA) is 71.2 Å². The van der Waals surface area contributed by atoms with E-state index in [-0.39, 0.29) is 5.75 Å². The standard InChI is InChI=1S/C14H18N4O2S/c1-9-5-10(2)7-11(6-9)17(3)13-15-16-14(18(13)4)21-8-12(19)20/h5-7H,8H2,1-4H3,(H,19,20). The van der Waals surface area contributed by atoms with E-state index in [0.717, 1.165) is 17.4 Å². The van der Waals surface area contributed by atoms with Crippen LogP contribution in [0.1, 0.15) is 11.1 Å². The lowest BCUT2D eigenvalue weighted by Crippen LogP contribution is -2.15. The summed E-state index contributed by atoms with van der Waals surface area (Å²) in [4.78, 5) is 12.6. The number of thioether (sulfide) groups is 1. The zero-order chi connectivity index (χ0) is 15.6. The Balaban J connectivity index is 2.27. The molecule has 0 radical (unpaired) electrons. The molecule has 2 aromatic rings. The number of carboxylic acid groups (broad SMARTS) is 1. The van der Waals surface area contributed by atoms with Crippen molar-refractivity contribution in [3.63, 3.8) is 0 Å². The molecule has 0 fully saturated rings. The van der Waals surface area contributed by atoms with Gasteiger partial charge in [0.15, 0.2) is 5.16 Å². The van der Waals surface area contributed by atoms with Crippen molar-refractivity contribution in [3.05, 3.63) is 29.3 Å². The van der Waals surface area contributed by atoms with Gasteiger partial charge in [0.1, 0.15) is 0 Å². The van der Waals surface area contributed by atoms with Gasteiger partial charge in [0, 0.05) is 19.8 Å². The molecule has 7 heteroatoms. The van der Waals surface area contributed by atoms with E-state index in [9.17, 15) is 4.79 Å². The van der Waals surface area contributed by atoms with Crippen molar-refractivity contribution >= 4 is 29.4 Å². The van der Waals surface area contributed by atoms with Gasteiger partial charge in [-0.15, -0.1) is 10.2 Å². The van der Waals surface area contributed by atoms with Crippen LogP contribution in [-0.4, -0.2) is 38.6 Å². The number of aryl methyl sites for hydroxylation is 2. The normalized spacial score (nSPS) is 10.7. The summed E-state index contributed by atoms with van der Waals surface area (Å²) < 4.78 is 1.80. The number of carboxylic acids is 1. The van der Waals surface area contributed by atoms with Crippen LogP contribution in [0.4, 0.5) is 11.6 Å². The van der Waals surface area contributed by atoms with Crippen LogP contribution >= 0.6 is 11.8 Å². The second-order valence-electron chi connectivity index (χ2n) is 4.93. The number of aliphatic carboxylic acids is 1. The first-order valence-corrected chi connectivity index (χ1v) is 7.43. The highest BCUT2D eigenvalue weighted by Gasteiger charge is 2.15. The minimum Gasteiger partial charge on any atom is -0.481 e. The molecule has 1 heterocycles. The number of hydrogen-bond acceptors (Lipinski definition) is 5. The first kappa shape index (κ1) is 15.4. The van der Waals surface area contributed by atoms with Gasteiger partial charge in [-0.25, -0.2) is 0 Å². The molecule has 0 saturated carbocycles. The van der Waals surface area contributed by atoms with Gasteiger partial charge in [-0.1, -0.05) is 17.8 Å². The maximum atomic E-state index is 10.6. The van der Waals surface area contributed by atoms with Crippen LogP contribution in [0.15, 0.2) is 23.4 Å². The summed E-state index contributed by atoms with van der Waals surface area (Å²) in [5.41, 5.74) is 3.39. The molecule has 2 rings (SSSR count). The van der Waals surface area contributed by atoms with Crippen molar-refractivity contribution < 1.29 is 9.90 Å². The SMILES string of the molecule is Cc1cc(C)cc(N(C)c2nnc(SCC(=O)O)n2C)c1. The van der Waals surface area contributed by atoms with Crippen molar-refractivity contribution in [2.45, 2.75) is 19.0 Å². The van der Waals surface area contributed by atoms with E-state index in [2.05, 4.69) is 42.2 Å². The van der Waals surface area contributed by atoms with Gasteiger partial charge in [0.2, 0.25) is 5.95 Å². The van der Waals surface area contributed by atoms with E-state index in [1.165, 1.54) is 11.1 Å². The van der Waals surface area contributed by atoms with E-state index in [0.29, 0.717) is 11.1 Å². The second-order valence-corrected chi connectivity index (χ2v) is 5.87. The minimum atomic E-state index is -0.868.